The van der Waals surface area contributed by atoms with Crippen molar-refractivity contribution in [3.05, 3.63) is 28.8 Å². The summed E-state index contributed by atoms with van der Waals surface area (Å²) in [5, 5.41) is 0. The van der Waals surface area contributed by atoms with Crippen molar-refractivity contribution < 1.29 is 9.53 Å². The summed E-state index contributed by atoms with van der Waals surface area (Å²) in [5.74, 6) is 5.02. The summed E-state index contributed by atoms with van der Waals surface area (Å²) in [4.78, 5) is 11.6. The third kappa shape index (κ3) is 2.47. The first kappa shape index (κ1) is 11.5. The van der Waals surface area contributed by atoms with Crippen molar-refractivity contribution in [3.8, 4) is 0 Å². The minimum atomic E-state index is -0.281. The highest BCUT2D eigenvalue weighted by Gasteiger charge is 2.13. The van der Waals surface area contributed by atoms with Crippen LogP contribution in [0.1, 0.15) is 28.4 Å². The summed E-state index contributed by atoms with van der Waals surface area (Å²) in [5.41, 5.74) is 5.69. The Hall–Kier alpha value is -1.55. The van der Waals surface area contributed by atoms with Gasteiger partial charge in [-0.2, -0.15) is 0 Å². The number of hydrazine groups is 1. The molecule has 0 atom stereocenters. The van der Waals surface area contributed by atoms with Crippen LogP contribution in [0.15, 0.2) is 12.1 Å². The summed E-state index contributed by atoms with van der Waals surface area (Å²) < 4.78 is 4.97. The van der Waals surface area contributed by atoms with E-state index in [4.69, 9.17) is 10.6 Å². The fourth-order valence-electron chi connectivity index (χ4n) is 1.57. The van der Waals surface area contributed by atoms with Gasteiger partial charge in [-0.05, 0) is 44.0 Å². The summed E-state index contributed by atoms with van der Waals surface area (Å²) in [7, 11) is 0. The fourth-order valence-corrected chi connectivity index (χ4v) is 1.57. The molecule has 4 nitrogen and oxygen atoms in total. The maximum atomic E-state index is 11.6. The number of esters is 1. The van der Waals surface area contributed by atoms with Gasteiger partial charge in [0.1, 0.15) is 0 Å². The topological polar surface area (TPSA) is 64.3 Å². The average molecular weight is 208 g/mol. The molecule has 3 N–H and O–H groups in total. The third-order valence-corrected chi connectivity index (χ3v) is 2.18. The summed E-state index contributed by atoms with van der Waals surface area (Å²) >= 11 is 0. The Kier molecular flexibility index (Phi) is 3.68. The van der Waals surface area contributed by atoms with Crippen LogP contribution in [0.4, 0.5) is 5.69 Å². The Bertz CT molecular complexity index is 352. The van der Waals surface area contributed by atoms with Gasteiger partial charge in [-0.3, -0.25) is 5.84 Å². The van der Waals surface area contributed by atoms with E-state index in [-0.39, 0.29) is 5.97 Å². The standard InChI is InChI=1S/C11H16N2O2/c1-4-15-11(14)10-7(2)5-9(13-12)6-8(10)3/h5-6,13H,4,12H2,1-3H3. The van der Waals surface area contributed by atoms with Crippen molar-refractivity contribution in [1.82, 2.24) is 0 Å². The maximum absolute atomic E-state index is 11.6. The molecule has 0 saturated heterocycles. The predicted molar refractivity (Wildman–Crippen MR) is 59.7 cm³/mol. The molecule has 0 radical (unpaired) electrons. The molecule has 0 amide bonds. The fraction of sp³-hybridized carbons (Fsp3) is 0.364. The first-order valence-electron chi connectivity index (χ1n) is 4.85. The van der Waals surface area contributed by atoms with Crippen molar-refractivity contribution in [2.75, 3.05) is 12.0 Å². The maximum Gasteiger partial charge on any atom is 0.338 e. The molecule has 1 rings (SSSR count). The molecule has 4 heteroatoms. The molecule has 0 spiro atoms. The number of anilines is 1. The first-order chi connectivity index (χ1) is 7.10. The molecule has 82 valence electrons. The number of nitrogen functional groups attached to an aromatic ring is 1. The van der Waals surface area contributed by atoms with Gasteiger partial charge in [0.25, 0.3) is 0 Å². The van der Waals surface area contributed by atoms with Crippen molar-refractivity contribution in [3.63, 3.8) is 0 Å². The van der Waals surface area contributed by atoms with E-state index in [9.17, 15) is 4.79 Å². The van der Waals surface area contributed by atoms with E-state index in [0.717, 1.165) is 16.8 Å². The van der Waals surface area contributed by atoms with Crippen molar-refractivity contribution in [2.45, 2.75) is 20.8 Å². The van der Waals surface area contributed by atoms with E-state index in [0.29, 0.717) is 12.2 Å². The predicted octanol–water partition coefficient (Wildman–Crippen LogP) is 1.77. The van der Waals surface area contributed by atoms with Crippen LogP contribution in [0, 0.1) is 13.8 Å². The van der Waals surface area contributed by atoms with Gasteiger partial charge in [-0.1, -0.05) is 0 Å². The van der Waals surface area contributed by atoms with Crippen LogP contribution in [0.5, 0.6) is 0 Å². The number of rotatable bonds is 3. The summed E-state index contributed by atoms with van der Waals surface area (Å²) in [6, 6.07) is 3.64. The number of nitrogens with two attached hydrogens (primary N) is 1. The largest absolute Gasteiger partial charge is 0.462 e. The molecule has 0 heterocycles. The van der Waals surface area contributed by atoms with Gasteiger partial charge in [-0.15, -0.1) is 0 Å². The number of carbonyl (C=O) groups is 1. The number of hydrogen-bond acceptors (Lipinski definition) is 4. The molecule has 0 aromatic heterocycles. The molecule has 0 aliphatic carbocycles. The lowest BCUT2D eigenvalue weighted by molar-refractivity contribution is 0.0524. The van der Waals surface area contributed by atoms with Gasteiger partial charge < -0.3 is 10.2 Å². The lowest BCUT2D eigenvalue weighted by Gasteiger charge is -2.11. The lowest BCUT2D eigenvalue weighted by Crippen LogP contribution is -2.12. The number of aryl methyl sites for hydroxylation is 2. The Morgan fingerprint density at radius 1 is 1.40 bits per heavy atom. The van der Waals surface area contributed by atoms with E-state index in [1.807, 2.05) is 26.0 Å². The van der Waals surface area contributed by atoms with E-state index in [1.165, 1.54) is 0 Å². The molecule has 0 saturated carbocycles. The van der Waals surface area contributed by atoms with Crippen molar-refractivity contribution in [1.29, 1.82) is 0 Å². The van der Waals surface area contributed by atoms with E-state index < -0.39 is 0 Å². The van der Waals surface area contributed by atoms with E-state index in [2.05, 4.69) is 5.43 Å². The van der Waals surface area contributed by atoms with Crippen molar-refractivity contribution in [2.24, 2.45) is 5.84 Å². The molecular formula is C11H16N2O2. The molecule has 0 aliphatic heterocycles. The molecule has 15 heavy (non-hydrogen) atoms. The number of benzene rings is 1. The van der Waals surface area contributed by atoms with E-state index >= 15 is 0 Å². The zero-order chi connectivity index (χ0) is 11.4. The quantitative estimate of drug-likeness (QED) is 0.451. The molecule has 0 unspecified atom stereocenters. The van der Waals surface area contributed by atoms with Crippen LogP contribution < -0.4 is 11.3 Å². The van der Waals surface area contributed by atoms with E-state index in [1.54, 1.807) is 6.92 Å². The Morgan fingerprint density at radius 2 is 1.93 bits per heavy atom. The monoisotopic (exact) mass is 208 g/mol. The molecule has 0 fully saturated rings. The Balaban J connectivity index is 3.13. The van der Waals surface area contributed by atoms with Gasteiger partial charge in [0.05, 0.1) is 12.2 Å². The number of nitrogens with one attached hydrogen (secondary N) is 1. The highest BCUT2D eigenvalue weighted by Crippen LogP contribution is 2.20. The number of ether oxygens (including phenoxy) is 1. The van der Waals surface area contributed by atoms with Gasteiger partial charge >= 0.3 is 5.97 Å². The SMILES string of the molecule is CCOC(=O)c1c(C)cc(NN)cc1C. The first-order valence-corrected chi connectivity index (χ1v) is 4.85. The lowest BCUT2D eigenvalue weighted by atomic mass is 10.0. The number of carbonyl (C=O) groups excluding carboxylic acids is 1. The second-order valence-electron chi connectivity index (χ2n) is 3.35. The van der Waals surface area contributed by atoms with Crippen LogP contribution in [-0.4, -0.2) is 12.6 Å². The third-order valence-electron chi connectivity index (χ3n) is 2.18. The van der Waals surface area contributed by atoms with Crippen LogP contribution >= 0.6 is 0 Å². The molecule has 0 aliphatic rings. The van der Waals surface area contributed by atoms with Crippen LogP contribution in [0.2, 0.25) is 0 Å². The second kappa shape index (κ2) is 4.79. The highest BCUT2D eigenvalue weighted by atomic mass is 16.5. The zero-order valence-electron chi connectivity index (χ0n) is 9.26. The Labute approximate surface area is 89.4 Å². The minimum Gasteiger partial charge on any atom is -0.462 e. The smallest absolute Gasteiger partial charge is 0.338 e. The van der Waals surface area contributed by atoms with Crippen LogP contribution in [-0.2, 0) is 4.74 Å². The molecule has 1 aromatic rings. The zero-order valence-corrected chi connectivity index (χ0v) is 9.26. The second-order valence-corrected chi connectivity index (χ2v) is 3.35. The van der Waals surface area contributed by atoms with Gasteiger partial charge in [0, 0.05) is 5.69 Å². The summed E-state index contributed by atoms with van der Waals surface area (Å²) in [6.45, 7) is 5.90. The molecule has 1 aromatic carbocycles. The van der Waals surface area contributed by atoms with Gasteiger partial charge in [0.15, 0.2) is 0 Å². The normalized spacial score (nSPS) is 9.87. The van der Waals surface area contributed by atoms with Gasteiger partial charge in [0.2, 0.25) is 0 Å². The molecule has 0 bridgehead atoms. The average Bonchev–Trinajstić information content (AvgIpc) is 2.16. The summed E-state index contributed by atoms with van der Waals surface area (Å²) in [6.07, 6.45) is 0. The number of hydrogen-bond donors (Lipinski definition) is 2. The van der Waals surface area contributed by atoms with Gasteiger partial charge in [-0.25, -0.2) is 4.79 Å². The van der Waals surface area contributed by atoms with Crippen LogP contribution in [0.3, 0.4) is 0 Å². The molecular weight excluding hydrogens is 192 g/mol. The van der Waals surface area contributed by atoms with Crippen molar-refractivity contribution >= 4 is 11.7 Å². The van der Waals surface area contributed by atoms with Crippen LogP contribution in [0.25, 0.3) is 0 Å². The Morgan fingerprint density at radius 3 is 2.33 bits per heavy atom. The minimum absolute atomic E-state index is 0.281. The highest BCUT2D eigenvalue weighted by molar-refractivity contribution is 5.93.